The molecule has 0 N–H and O–H groups in total. The topological polar surface area (TPSA) is 17.1 Å². The van der Waals surface area contributed by atoms with E-state index in [1.807, 2.05) is 0 Å². The molecule has 0 unspecified atom stereocenters. The van der Waals surface area contributed by atoms with Gasteiger partial charge in [-0.2, -0.15) is 0 Å². The zero-order chi connectivity index (χ0) is 6.57. The summed E-state index contributed by atoms with van der Waals surface area (Å²) in [5, 5.41) is 0.0521. The van der Waals surface area contributed by atoms with Crippen LogP contribution in [-0.4, -0.2) is 15.7 Å². The van der Waals surface area contributed by atoms with Crippen molar-refractivity contribution in [2.75, 3.05) is 5.75 Å². The third kappa shape index (κ3) is 6.60. The molecular formula is C4H6Cl2OS. The fraction of sp³-hybridized carbons (Fsp3) is 0.750. The van der Waals surface area contributed by atoms with E-state index in [-0.39, 0.29) is 5.12 Å². The third-order valence-electron chi connectivity index (χ3n) is 0.413. The molecule has 1 nitrogen and oxygen atoms in total. The lowest BCUT2D eigenvalue weighted by atomic mass is 10.9. The maximum absolute atomic E-state index is 10.2. The van der Waals surface area contributed by atoms with Crippen LogP contribution in [0.25, 0.3) is 0 Å². The molecule has 0 aliphatic rings. The number of carbonyl (C=O) groups excluding carboxylic acids is 1. The Kier molecular flexibility index (Phi) is 4.81. The molecular weight excluding hydrogens is 167 g/mol. The van der Waals surface area contributed by atoms with Crippen molar-refractivity contribution in [3.05, 3.63) is 0 Å². The van der Waals surface area contributed by atoms with E-state index in [4.69, 9.17) is 23.2 Å². The molecule has 0 bridgehead atoms. The van der Waals surface area contributed by atoms with Gasteiger partial charge in [0.1, 0.15) is 4.84 Å². The Balaban J connectivity index is 3.05. The van der Waals surface area contributed by atoms with Crippen molar-refractivity contribution < 1.29 is 4.79 Å². The van der Waals surface area contributed by atoms with Crippen LogP contribution < -0.4 is 0 Å². The molecule has 0 saturated heterocycles. The largest absolute Gasteiger partial charge is 0.288 e. The van der Waals surface area contributed by atoms with Gasteiger partial charge in [0.05, 0.1) is 0 Å². The first-order valence-corrected chi connectivity index (χ1v) is 3.90. The molecule has 0 atom stereocenters. The number of alkyl halides is 2. The van der Waals surface area contributed by atoms with Crippen LogP contribution in [-0.2, 0) is 4.79 Å². The monoisotopic (exact) mass is 172 g/mol. The number of hydrogen-bond donors (Lipinski definition) is 0. The normalized spacial score (nSPS) is 10.0. The van der Waals surface area contributed by atoms with Gasteiger partial charge >= 0.3 is 0 Å². The number of carbonyl (C=O) groups is 1. The van der Waals surface area contributed by atoms with Crippen LogP contribution in [0.2, 0.25) is 0 Å². The molecule has 0 radical (unpaired) electrons. The molecule has 0 heterocycles. The highest BCUT2D eigenvalue weighted by molar-refractivity contribution is 8.13. The zero-order valence-corrected chi connectivity index (χ0v) is 6.69. The minimum atomic E-state index is -0.427. The first-order valence-electron chi connectivity index (χ1n) is 2.04. The maximum atomic E-state index is 10.2. The van der Waals surface area contributed by atoms with Crippen LogP contribution in [0, 0.1) is 0 Å². The van der Waals surface area contributed by atoms with Crippen LogP contribution in [0.3, 0.4) is 0 Å². The van der Waals surface area contributed by atoms with Gasteiger partial charge in [0.15, 0.2) is 5.12 Å². The predicted octanol–water partition coefficient (Wildman–Crippen LogP) is 2.07. The molecule has 0 amide bonds. The maximum Gasteiger partial charge on any atom is 0.185 e. The van der Waals surface area contributed by atoms with Crippen molar-refractivity contribution in [3.8, 4) is 0 Å². The standard InChI is InChI=1S/C4H6Cl2OS/c1-3(7)8-2-4(5)6/h4H,2H2,1H3. The molecule has 48 valence electrons. The summed E-state index contributed by atoms with van der Waals surface area (Å²) in [4.78, 5) is 9.77. The fourth-order valence-corrected chi connectivity index (χ4v) is 0.919. The summed E-state index contributed by atoms with van der Waals surface area (Å²) in [7, 11) is 0. The van der Waals surface area contributed by atoms with Crippen molar-refractivity contribution in [1.29, 1.82) is 0 Å². The van der Waals surface area contributed by atoms with Gasteiger partial charge in [0.2, 0.25) is 0 Å². The summed E-state index contributed by atoms with van der Waals surface area (Å²) in [6.45, 7) is 1.49. The van der Waals surface area contributed by atoms with Crippen LogP contribution in [0.5, 0.6) is 0 Å². The van der Waals surface area contributed by atoms with E-state index in [1.165, 1.54) is 6.92 Å². The second-order valence-electron chi connectivity index (χ2n) is 1.19. The Labute approximate surface area is 62.7 Å². The van der Waals surface area contributed by atoms with Gasteiger partial charge in [-0.15, -0.1) is 23.2 Å². The summed E-state index contributed by atoms with van der Waals surface area (Å²) >= 11 is 11.8. The second-order valence-corrected chi connectivity index (χ2v) is 3.67. The number of rotatable bonds is 2. The highest BCUT2D eigenvalue weighted by Gasteiger charge is 1.99. The van der Waals surface area contributed by atoms with Gasteiger partial charge in [0.25, 0.3) is 0 Å². The van der Waals surface area contributed by atoms with Gasteiger partial charge in [-0.05, 0) is 0 Å². The third-order valence-corrected chi connectivity index (χ3v) is 1.99. The number of halogens is 2. The smallest absolute Gasteiger partial charge is 0.185 e. The van der Waals surface area contributed by atoms with Gasteiger partial charge < -0.3 is 0 Å². The molecule has 0 aliphatic heterocycles. The molecule has 0 aromatic carbocycles. The summed E-state index contributed by atoms with van der Waals surface area (Å²) < 4.78 is 0. The predicted molar refractivity (Wildman–Crippen MR) is 38.6 cm³/mol. The summed E-state index contributed by atoms with van der Waals surface area (Å²) in [5.41, 5.74) is 0. The molecule has 8 heavy (non-hydrogen) atoms. The Hall–Kier alpha value is 0.600. The highest BCUT2D eigenvalue weighted by Crippen LogP contribution is 2.11. The molecule has 0 saturated carbocycles. The second kappa shape index (κ2) is 4.48. The summed E-state index contributed by atoms with van der Waals surface area (Å²) in [6, 6.07) is 0. The average molecular weight is 173 g/mol. The molecule has 0 aromatic rings. The lowest BCUT2D eigenvalue weighted by Gasteiger charge is -1.93. The van der Waals surface area contributed by atoms with Crippen molar-refractivity contribution in [2.45, 2.75) is 11.8 Å². The van der Waals surface area contributed by atoms with Crippen LogP contribution in [0.1, 0.15) is 6.92 Å². The molecule has 0 aromatic heterocycles. The van der Waals surface area contributed by atoms with E-state index in [2.05, 4.69) is 0 Å². The van der Waals surface area contributed by atoms with Crippen molar-refractivity contribution in [1.82, 2.24) is 0 Å². The van der Waals surface area contributed by atoms with E-state index >= 15 is 0 Å². The summed E-state index contributed by atoms with van der Waals surface area (Å²) in [6.07, 6.45) is 0. The van der Waals surface area contributed by atoms with Crippen molar-refractivity contribution >= 4 is 40.1 Å². The zero-order valence-electron chi connectivity index (χ0n) is 4.36. The Morgan fingerprint density at radius 1 is 1.75 bits per heavy atom. The SMILES string of the molecule is CC(=O)SCC(Cl)Cl. The Morgan fingerprint density at radius 2 is 2.25 bits per heavy atom. The van der Waals surface area contributed by atoms with Crippen LogP contribution >= 0.6 is 35.0 Å². The molecule has 0 rings (SSSR count). The lowest BCUT2D eigenvalue weighted by molar-refractivity contribution is -0.109. The minimum Gasteiger partial charge on any atom is -0.288 e. The Bertz CT molecular complexity index is 84.1. The molecule has 0 fully saturated rings. The van der Waals surface area contributed by atoms with E-state index in [1.54, 1.807) is 0 Å². The van der Waals surface area contributed by atoms with Crippen LogP contribution in [0.4, 0.5) is 0 Å². The first kappa shape index (κ1) is 8.60. The summed E-state index contributed by atoms with van der Waals surface area (Å²) in [5.74, 6) is 0.485. The van der Waals surface area contributed by atoms with Crippen molar-refractivity contribution in [3.63, 3.8) is 0 Å². The Morgan fingerprint density at radius 3 is 2.38 bits per heavy atom. The minimum absolute atomic E-state index is 0.0521. The fourth-order valence-electron chi connectivity index (χ4n) is 0.180. The van der Waals surface area contributed by atoms with Crippen molar-refractivity contribution in [2.24, 2.45) is 0 Å². The molecule has 0 spiro atoms. The molecule has 4 heteroatoms. The van der Waals surface area contributed by atoms with Gasteiger partial charge in [-0.1, -0.05) is 11.8 Å². The first-order chi connectivity index (χ1) is 3.63. The number of hydrogen-bond acceptors (Lipinski definition) is 2. The molecule has 0 aliphatic carbocycles. The quantitative estimate of drug-likeness (QED) is 0.594. The van der Waals surface area contributed by atoms with Gasteiger partial charge in [-0.25, -0.2) is 0 Å². The van der Waals surface area contributed by atoms with Gasteiger partial charge in [-0.3, -0.25) is 4.79 Å². The highest BCUT2D eigenvalue weighted by atomic mass is 35.5. The number of thioether (sulfide) groups is 1. The average Bonchev–Trinajstić information content (AvgIpc) is 1.61. The van der Waals surface area contributed by atoms with E-state index in [9.17, 15) is 4.79 Å². The van der Waals surface area contributed by atoms with E-state index in [0.29, 0.717) is 5.75 Å². The van der Waals surface area contributed by atoms with Gasteiger partial charge in [0, 0.05) is 12.7 Å². The van der Waals surface area contributed by atoms with E-state index in [0.717, 1.165) is 11.8 Å². The lowest BCUT2D eigenvalue weighted by Crippen LogP contribution is -1.93. The van der Waals surface area contributed by atoms with E-state index < -0.39 is 4.84 Å². The van der Waals surface area contributed by atoms with Crippen LogP contribution in [0.15, 0.2) is 0 Å².